The molecular weight excluding hydrogens is 299 g/mol. The molecule has 0 bridgehead atoms. The monoisotopic (exact) mass is 309 g/mol. The minimum absolute atomic E-state index is 0.487. The Morgan fingerprint density at radius 3 is 2.29 bits per heavy atom. The molecule has 2 rings (SSSR count). The molecule has 0 N–H and O–H groups in total. The minimum Gasteiger partial charge on any atom is -0.355 e. The molecule has 0 radical (unpaired) electrons. The van der Waals surface area contributed by atoms with E-state index in [1.165, 1.54) is 6.07 Å². The second-order valence-electron chi connectivity index (χ2n) is 3.94. The van der Waals surface area contributed by atoms with Gasteiger partial charge in [0.25, 0.3) is 0 Å². The standard InChI is InChI=1S/C10H11BrF3N3/c11-7-3-5-17(6-4-7)9-2-1-8(15-16-9)10(12,13)14/h1-2,7H,3-6H2. The fourth-order valence-electron chi connectivity index (χ4n) is 1.72. The van der Waals surface area contributed by atoms with Gasteiger partial charge in [-0.2, -0.15) is 13.2 Å². The molecule has 0 aliphatic carbocycles. The van der Waals surface area contributed by atoms with Crippen molar-refractivity contribution < 1.29 is 13.2 Å². The van der Waals surface area contributed by atoms with Gasteiger partial charge in [0.2, 0.25) is 0 Å². The number of rotatable bonds is 1. The summed E-state index contributed by atoms with van der Waals surface area (Å²) in [6, 6.07) is 2.35. The first-order chi connectivity index (χ1) is 7.97. The molecule has 0 saturated carbocycles. The molecule has 1 saturated heterocycles. The molecule has 1 aliphatic heterocycles. The lowest BCUT2D eigenvalue weighted by molar-refractivity contribution is -0.141. The van der Waals surface area contributed by atoms with E-state index in [0.29, 0.717) is 10.6 Å². The number of piperidine rings is 1. The van der Waals surface area contributed by atoms with Gasteiger partial charge >= 0.3 is 6.18 Å². The Morgan fingerprint density at radius 2 is 1.82 bits per heavy atom. The van der Waals surface area contributed by atoms with E-state index in [2.05, 4.69) is 26.1 Å². The third-order valence-corrected chi connectivity index (χ3v) is 3.61. The van der Waals surface area contributed by atoms with Gasteiger partial charge in [-0.3, -0.25) is 0 Å². The highest BCUT2D eigenvalue weighted by Gasteiger charge is 2.33. The Hall–Kier alpha value is -0.850. The quantitative estimate of drug-likeness (QED) is 0.747. The molecule has 1 aromatic rings. The summed E-state index contributed by atoms with van der Waals surface area (Å²) in [4.78, 5) is 2.44. The fraction of sp³-hybridized carbons (Fsp3) is 0.600. The van der Waals surface area contributed by atoms with Crippen LogP contribution in [0.2, 0.25) is 0 Å². The topological polar surface area (TPSA) is 29.0 Å². The van der Waals surface area contributed by atoms with Gasteiger partial charge in [-0.1, -0.05) is 15.9 Å². The number of halogens is 4. The van der Waals surface area contributed by atoms with Crippen LogP contribution in [0, 0.1) is 0 Å². The van der Waals surface area contributed by atoms with E-state index in [1.807, 2.05) is 4.90 Å². The number of aromatic nitrogens is 2. The second-order valence-corrected chi connectivity index (χ2v) is 5.23. The van der Waals surface area contributed by atoms with Crippen LogP contribution in [0.15, 0.2) is 12.1 Å². The lowest BCUT2D eigenvalue weighted by atomic mass is 10.1. The van der Waals surface area contributed by atoms with Crippen LogP contribution >= 0.6 is 15.9 Å². The average molecular weight is 310 g/mol. The number of nitrogens with zero attached hydrogens (tertiary/aromatic N) is 3. The third kappa shape index (κ3) is 3.08. The van der Waals surface area contributed by atoms with Crippen molar-refractivity contribution in [3.8, 4) is 0 Å². The Morgan fingerprint density at radius 1 is 1.18 bits per heavy atom. The van der Waals surface area contributed by atoms with Crippen molar-refractivity contribution in [1.82, 2.24) is 10.2 Å². The maximum absolute atomic E-state index is 12.3. The molecule has 17 heavy (non-hydrogen) atoms. The van der Waals surface area contributed by atoms with Gasteiger partial charge in [0.1, 0.15) is 0 Å². The molecule has 0 unspecified atom stereocenters. The van der Waals surface area contributed by atoms with Crippen LogP contribution in [0.3, 0.4) is 0 Å². The van der Waals surface area contributed by atoms with Crippen molar-refractivity contribution in [2.24, 2.45) is 0 Å². The largest absolute Gasteiger partial charge is 0.435 e. The highest BCUT2D eigenvalue weighted by atomic mass is 79.9. The zero-order valence-corrected chi connectivity index (χ0v) is 10.5. The van der Waals surface area contributed by atoms with E-state index in [-0.39, 0.29) is 0 Å². The molecule has 94 valence electrons. The van der Waals surface area contributed by atoms with E-state index in [9.17, 15) is 13.2 Å². The first kappa shape index (κ1) is 12.6. The molecule has 1 aliphatic rings. The van der Waals surface area contributed by atoms with E-state index < -0.39 is 11.9 Å². The lowest BCUT2D eigenvalue weighted by Gasteiger charge is -2.30. The number of anilines is 1. The number of hydrogen-bond acceptors (Lipinski definition) is 3. The summed E-state index contributed by atoms with van der Waals surface area (Å²) < 4.78 is 36.9. The van der Waals surface area contributed by atoms with Crippen LogP contribution in [-0.4, -0.2) is 28.1 Å². The Kier molecular flexibility index (Phi) is 3.56. The van der Waals surface area contributed by atoms with Crippen LogP contribution in [0.25, 0.3) is 0 Å². The van der Waals surface area contributed by atoms with Gasteiger partial charge in [-0.15, -0.1) is 10.2 Å². The van der Waals surface area contributed by atoms with Gasteiger partial charge in [-0.25, -0.2) is 0 Å². The zero-order chi connectivity index (χ0) is 12.5. The molecule has 0 atom stereocenters. The van der Waals surface area contributed by atoms with E-state index in [1.54, 1.807) is 0 Å². The van der Waals surface area contributed by atoms with Crippen LogP contribution < -0.4 is 4.90 Å². The van der Waals surface area contributed by atoms with Gasteiger partial charge < -0.3 is 4.90 Å². The van der Waals surface area contributed by atoms with Gasteiger partial charge in [0.05, 0.1) is 0 Å². The normalized spacial score (nSPS) is 18.5. The van der Waals surface area contributed by atoms with Crippen molar-refractivity contribution in [2.45, 2.75) is 23.8 Å². The molecular formula is C10H11BrF3N3. The molecule has 1 fully saturated rings. The molecule has 0 spiro atoms. The summed E-state index contributed by atoms with van der Waals surface area (Å²) in [5.41, 5.74) is -0.948. The first-order valence-electron chi connectivity index (χ1n) is 5.27. The van der Waals surface area contributed by atoms with E-state index in [0.717, 1.165) is 32.0 Å². The average Bonchev–Trinajstić information content (AvgIpc) is 2.29. The summed E-state index contributed by atoms with van der Waals surface area (Å²) in [5, 5.41) is 6.85. The molecule has 1 aromatic heterocycles. The summed E-state index contributed by atoms with van der Waals surface area (Å²) >= 11 is 3.51. The van der Waals surface area contributed by atoms with Gasteiger partial charge in [0.15, 0.2) is 11.5 Å². The van der Waals surface area contributed by atoms with Crippen molar-refractivity contribution in [2.75, 3.05) is 18.0 Å². The first-order valence-corrected chi connectivity index (χ1v) is 6.18. The summed E-state index contributed by atoms with van der Waals surface area (Å²) in [6.07, 6.45) is -2.50. The maximum Gasteiger partial charge on any atom is 0.435 e. The van der Waals surface area contributed by atoms with Gasteiger partial charge in [0, 0.05) is 17.9 Å². The summed E-state index contributed by atoms with van der Waals surface area (Å²) in [7, 11) is 0. The number of hydrogen-bond donors (Lipinski definition) is 0. The third-order valence-electron chi connectivity index (χ3n) is 2.69. The van der Waals surface area contributed by atoms with Crippen molar-refractivity contribution in [3.05, 3.63) is 17.8 Å². The van der Waals surface area contributed by atoms with Crippen molar-refractivity contribution in [3.63, 3.8) is 0 Å². The smallest absolute Gasteiger partial charge is 0.355 e. The highest BCUT2D eigenvalue weighted by Crippen LogP contribution is 2.28. The minimum atomic E-state index is -4.42. The maximum atomic E-state index is 12.3. The van der Waals surface area contributed by atoms with Crippen molar-refractivity contribution >= 4 is 21.7 Å². The van der Waals surface area contributed by atoms with Crippen LogP contribution in [0.1, 0.15) is 18.5 Å². The van der Waals surface area contributed by atoms with Gasteiger partial charge in [-0.05, 0) is 25.0 Å². The van der Waals surface area contributed by atoms with Crippen LogP contribution in [0.5, 0.6) is 0 Å². The molecule has 7 heteroatoms. The highest BCUT2D eigenvalue weighted by molar-refractivity contribution is 9.09. The Balaban J connectivity index is 2.08. The predicted octanol–water partition coefficient (Wildman–Crippen LogP) is 2.86. The second kappa shape index (κ2) is 4.80. The van der Waals surface area contributed by atoms with E-state index in [4.69, 9.17) is 0 Å². The predicted molar refractivity (Wildman–Crippen MR) is 61.2 cm³/mol. The van der Waals surface area contributed by atoms with Crippen LogP contribution in [0.4, 0.5) is 19.0 Å². The molecule has 2 heterocycles. The van der Waals surface area contributed by atoms with Crippen molar-refractivity contribution in [1.29, 1.82) is 0 Å². The molecule has 0 aromatic carbocycles. The lowest BCUT2D eigenvalue weighted by Crippen LogP contribution is -2.34. The van der Waals surface area contributed by atoms with Crippen LogP contribution in [-0.2, 0) is 6.18 Å². The summed E-state index contributed by atoms with van der Waals surface area (Å²) in [6.45, 7) is 1.58. The fourth-order valence-corrected chi connectivity index (χ4v) is 2.13. The zero-order valence-electron chi connectivity index (χ0n) is 8.91. The number of alkyl halides is 4. The molecule has 0 amide bonds. The molecule has 3 nitrogen and oxygen atoms in total. The van der Waals surface area contributed by atoms with E-state index >= 15 is 0 Å². The summed E-state index contributed by atoms with van der Waals surface area (Å²) in [5.74, 6) is 0.511. The Labute approximate surface area is 105 Å². The SMILES string of the molecule is FC(F)(F)c1ccc(N2CCC(Br)CC2)nn1. The Bertz CT molecular complexity index is 371.